The minimum atomic E-state index is -0.845. The first kappa shape index (κ1) is 19.7. The number of thiazole rings is 1. The van der Waals surface area contributed by atoms with Crippen LogP contribution < -0.4 is 11.2 Å². The Balaban J connectivity index is 1.88. The fourth-order valence-electron chi connectivity index (χ4n) is 1.98. The van der Waals surface area contributed by atoms with Gasteiger partial charge in [0.15, 0.2) is 10.7 Å². The van der Waals surface area contributed by atoms with Crippen LogP contribution in [0.1, 0.15) is 5.01 Å². The summed E-state index contributed by atoms with van der Waals surface area (Å²) < 4.78 is 0. The number of nitrogens with zero attached hydrogens (tertiary/aromatic N) is 4. The van der Waals surface area contributed by atoms with E-state index < -0.39 is 11.8 Å². The first-order valence-corrected chi connectivity index (χ1v) is 9.27. The molecule has 0 unspecified atom stereocenters. The highest BCUT2D eigenvalue weighted by atomic mass is 35.5. The predicted molar refractivity (Wildman–Crippen MR) is 110 cm³/mol. The van der Waals surface area contributed by atoms with E-state index in [2.05, 4.69) is 25.7 Å². The molecule has 8 nitrogen and oxygen atoms in total. The van der Waals surface area contributed by atoms with E-state index in [0.717, 1.165) is 11.3 Å². The third kappa shape index (κ3) is 4.63. The Morgan fingerprint density at radius 2 is 1.75 bits per heavy atom. The second-order valence-corrected chi connectivity index (χ2v) is 7.01. The molecule has 3 rings (SSSR count). The van der Waals surface area contributed by atoms with Gasteiger partial charge in [0, 0.05) is 0 Å². The Hall–Kier alpha value is -3.01. The lowest BCUT2D eigenvalue weighted by Crippen LogP contribution is -2.25. The third-order valence-corrected chi connectivity index (χ3v) is 4.88. The molecular formula is C17H12Cl2N6O2S. The molecule has 4 N–H and O–H groups in total. The van der Waals surface area contributed by atoms with Crippen molar-refractivity contribution in [2.75, 3.05) is 5.43 Å². The van der Waals surface area contributed by atoms with Gasteiger partial charge >= 0.3 is 0 Å². The second kappa shape index (κ2) is 8.79. The molecule has 0 aliphatic rings. The summed E-state index contributed by atoms with van der Waals surface area (Å²) in [4.78, 5) is 15.7. The summed E-state index contributed by atoms with van der Waals surface area (Å²) in [5.74, 6) is -1.26. The van der Waals surface area contributed by atoms with Gasteiger partial charge in [-0.3, -0.25) is 10.2 Å². The molecular weight excluding hydrogens is 423 g/mol. The number of para-hydroxylation sites is 1. The SMILES string of the molecule is NC(=O)C(=NNc1ccccc1Cl)c1nc(O)c(N=Nc2ccccc2Cl)s1. The van der Waals surface area contributed by atoms with Gasteiger partial charge in [0.05, 0.1) is 15.7 Å². The number of aromatic nitrogens is 1. The smallest absolute Gasteiger partial charge is 0.272 e. The van der Waals surface area contributed by atoms with Crippen LogP contribution in [-0.2, 0) is 4.79 Å². The zero-order valence-electron chi connectivity index (χ0n) is 14.0. The number of hydrogen-bond acceptors (Lipinski definition) is 8. The standard InChI is InChI=1S/C17H12Cl2N6O2S/c18-9-5-1-3-7-11(9)22-24-13(14(20)26)16-21-15(27)17(28-16)25-23-12-8-4-2-6-10(12)19/h1-8,22,27H,(H2,20,26). The Bertz CT molecular complexity index is 1080. The summed E-state index contributed by atoms with van der Waals surface area (Å²) in [5, 5.41) is 22.8. The van der Waals surface area contributed by atoms with Crippen molar-refractivity contribution in [3.8, 4) is 5.88 Å². The molecule has 0 atom stereocenters. The van der Waals surface area contributed by atoms with Crippen molar-refractivity contribution in [2.45, 2.75) is 0 Å². The lowest BCUT2D eigenvalue weighted by Gasteiger charge is -2.04. The average molecular weight is 435 g/mol. The van der Waals surface area contributed by atoms with Crippen LogP contribution in [0.15, 0.2) is 63.9 Å². The van der Waals surface area contributed by atoms with E-state index in [1.165, 1.54) is 0 Å². The van der Waals surface area contributed by atoms with Crippen molar-refractivity contribution < 1.29 is 9.90 Å². The number of carbonyl (C=O) groups is 1. The monoisotopic (exact) mass is 434 g/mol. The Kier molecular flexibility index (Phi) is 6.19. The maximum absolute atomic E-state index is 11.8. The highest BCUT2D eigenvalue weighted by molar-refractivity contribution is 7.18. The summed E-state index contributed by atoms with van der Waals surface area (Å²) >= 11 is 12.9. The van der Waals surface area contributed by atoms with Gasteiger partial charge in [0.25, 0.3) is 11.8 Å². The number of carbonyl (C=O) groups excluding carboxylic acids is 1. The van der Waals surface area contributed by atoms with E-state index in [4.69, 9.17) is 28.9 Å². The van der Waals surface area contributed by atoms with Crippen molar-refractivity contribution in [3.05, 3.63) is 63.6 Å². The lowest BCUT2D eigenvalue weighted by atomic mass is 10.3. The van der Waals surface area contributed by atoms with E-state index in [0.29, 0.717) is 21.4 Å². The van der Waals surface area contributed by atoms with Gasteiger partial charge in [-0.1, -0.05) is 58.8 Å². The first-order valence-electron chi connectivity index (χ1n) is 7.70. The second-order valence-electron chi connectivity index (χ2n) is 5.22. The van der Waals surface area contributed by atoms with Crippen LogP contribution in [0, 0.1) is 0 Å². The van der Waals surface area contributed by atoms with Crippen molar-refractivity contribution in [2.24, 2.45) is 21.1 Å². The number of nitrogens with one attached hydrogen (secondary N) is 1. The summed E-state index contributed by atoms with van der Waals surface area (Å²) in [6.45, 7) is 0. The minimum absolute atomic E-state index is 0.0673. The van der Waals surface area contributed by atoms with E-state index >= 15 is 0 Å². The highest BCUT2D eigenvalue weighted by Crippen LogP contribution is 2.35. The molecule has 0 aliphatic carbocycles. The number of amides is 1. The molecule has 1 aromatic heterocycles. The molecule has 1 amide bonds. The molecule has 1 heterocycles. The zero-order valence-corrected chi connectivity index (χ0v) is 16.3. The van der Waals surface area contributed by atoms with Crippen LogP contribution in [0.4, 0.5) is 16.4 Å². The van der Waals surface area contributed by atoms with Gasteiger partial charge in [-0.05, 0) is 24.3 Å². The fraction of sp³-hybridized carbons (Fsp3) is 0. The summed E-state index contributed by atoms with van der Waals surface area (Å²) in [6, 6.07) is 13.7. The Morgan fingerprint density at radius 3 is 2.43 bits per heavy atom. The number of benzene rings is 2. The minimum Gasteiger partial charge on any atom is -0.491 e. The van der Waals surface area contributed by atoms with E-state index in [1.54, 1.807) is 48.5 Å². The average Bonchev–Trinajstić information content (AvgIpc) is 3.03. The van der Waals surface area contributed by atoms with Gasteiger partial charge in [0.2, 0.25) is 5.00 Å². The molecule has 2 aromatic carbocycles. The van der Waals surface area contributed by atoms with Gasteiger partial charge < -0.3 is 10.8 Å². The van der Waals surface area contributed by atoms with Crippen molar-refractivity contribution in [1.29, 1.82) is 0 Å². The quantitative estimate of drug-likeness (QED) is 0.290. The molecule has 0 bridgehead atoms. The molecule has 28 heavy (non-hydrogen) atoms. The van der Waals surface area contributed by atoms with Gasteiger partial charge in [0.1, 0.15) is 5.69 Å². The summed E-state index contributed by atoms with van der Waals surface area (Å²) in [5.41, 5.74) is 8.74. The number of anilines is 1. The van der Waals surface area contributed by atoms with Crippen LogP contribution in [0.25, 0.3) is 0 Å². The molecule has 0 saturated heterocycles. The number of hydrazone groups is 1. The van der Waals surface area contributed by atoms with Crippen LogP contribution in [-0.4, -0.2) is 21.7 Å². The number of rotatable bonds is 6. The fourth-order valence-corrected chi connectivity index (χ4v) is 3.11. The van der Waals surface area contributed by atoms with Crippen LogP contribution in [0.3, 0.4) is 0 Å². The lowest BCUT2D eigenvalue weighted by molar-refractivity contribution is -0.111. The van der Waals surface area contributed by atoms with Gasteiger partial charge in [-0.2, -0.15) is 10.1 Å². The topological polar surface area (TPSA) is 125 Å². The van der Waals surface area contributed by atoms with Crippen molar-refractivity contribution >= 4 is 62.5 Å². The maximum atomic E-state index is 11.8. The highest BCUT2D eigenvalue weighted by Gasteiger charge is 2.19. The number of azo groups is 1. The maximum Gasteiger partial charge on any atom is 0.272 e. The van der Waals surface area contributed by atoms with E-state index in [1.807, 2.05) is 0 Å². The largest absolute Gasteiger partial charge is 0.491 e. The predicted octanol–water partition coefficient (Wildman–Crippen LogP) is 4.87. The Labute approximate surface area is 173 Å². The third-order valence-electron chi connectivity index (χ3n) is 3.29. The van der Waals surface area contributed by atoms with Gasteiger partial charge in [-0.15, -0.1) is 10.2 Å². The molecule has 0 spiro atoms. The first-order chi connectivity index (χ1) is 13.5. The molecule has 142 valence electrons. The molecule has 3 aromatic rings. The number of nitrogens with two attached hydrogens (primary N) is 1. The number of aromatic hydroxyl groups is 1. The van der Waals surface area contributed by atoms with Gasteiger partial charge in [-0.25, -0.2) is 0 Å². The molecule has 0 radical (unpaired) electrons. The van der Waals surface area contributed by atoms with Crippen LogP contribution in [0.5, 0.6) is 5.88 Å². The summed E-state index contributed by atoms with van der Waals surface area (Å²) in [7, 11) is 0. The van der Waals surface area contributed by atoms with Crippen LogP contribution >= 0.6 is 34.5 Å². The summed E-state index contributed by atoms with van der Waals surface area (Å²) in [6.07, 6.45) is 0. The normalized spacial score (nSPS) is 11.7. The molecule has 0 aliphatic heterocycles. The van der Waals surface area contributed by atoms with E-state index in [9.17, 15) is 9.90 Å². The van der Waals surface area contributed by atoms with Crippen molar-refractivity contribution in [1.82, 2.24) is 4.98 Å². The number of hydrogen-bond donors (Lipinski definition) is 3. The molecule has 11 heteroatoms. The number of primary amides is 1. The van der Waals surface area contributed by atoms with Crippen LogP contribution in [0.2, 0.25) is 10.0 Å². The number of halogens is 2. The molecule has 0 saturated carbocycles. The Morgan fingerprint density at radius 1 is 1.07 bits per heavy atom. The van der Waals surface area contributed by atoms with E-state index in [-0.39, 0.29) is 15.7 Å². The molecule has 0 fully saturated rings. The zero-order chi connectivity index (χ0) is 20.1. The van der Waals surface area contributed by atoms with Crippen molar-refractivity contribution in [3.63, 3.8) is 0 Å².